The van der Waals surface area contributed by atoms with Crippen LogP contribution in [0.5, 0.6) is 0 Å². The van der Waals surface area contributed by atoms with Gasteiger partial charge in [-0.1, -0.05) is 64.1 Å². The van der Waals surface area contributed by atoms with Crippen molar-refractivity contribution >= 4 is 45.0 Å². The average molecular weight is 402 g/mol. The Bertz CT molecular complexity index is 802. The molecule has 24 heavy (non-hydrogen) atoms. The standard InChI is InChI=1S/C18H16BrN3OS/c1-13-4-2-3-5-15(13)11-22-17(23)12-24-18(22)21-20-10-14-6-8-16(19)9-7-14/h2-10H,11-12H2,1H3/b20-10-,21-18+. The van der Waals surface area contributed by atoms with Crippen LogP contribution in [-0.4, -0.2) is 27.9 Å². The molecule has 0 radical (unpaired) electrons. The van der Waals surface area contributed by atoms with E-state index in [2.05, 4.69) is 26.1 Å². The molecule has 0 atom stereocenters. The monoisotopic (exact) mass is 401 g/mol. The number of hydrogen-bond acceptors (Lipinski definition) is 4. The first-order valence-electron chi connectivity index (χ1n) is 7.48. The summed E-state index contributed by atoms with van der Waals surface area (Å²) in [7, 11) is 0. The van der Waals surface area contributed by atoms with Crippen molar-refractivity contribution in [3.05, 3.63) is 69.7 Å². The Hall–Kier alpha value is -1.92. The normalized spacial score (nSPS) is 16.5. The fourth-order valence-electron chi connectivity index (χ4n) is 2.28. The van der Waals surface area contributed by atoms with Gasteiger partial charge >= 0.3 is 0 Å². The molecule has 1 aliphatic heterocycles. The molecule has 1 saturated heterocycles. The maximum absolute atomic E-state index is 12.1. The van der Waals surface area contributed by atoms with Crippen LogP contribution in [0.1, 0.15) is 16.7 Å². The molecular formula is C18H16BrN3OS. The Morgan fingerprint density at radius 2 is 1.96 bits per heavy atom. The molecule has 0 N–H and O–H groups in total. The lowest BCUT2D eigenvalue weighted by molar-refractivity contribution is -0.124. The Labute approximate surface area is 153 Å². The minimum Gasteiger partial charge on any atom is -0.285 e. The molecular weight excluding hydrogens is 386 g/mol. The fraction of sp³-hybridized carbons (Fsp3) is 0.167. The summed E-state index contributed by atoms with van der Waals surface area (Å²) >= 11 is 4.83. The molecule has 6 heteroatoms. The third-order valence-electron chi connectivity index (χ3n) is 3.67. The van der Waals surface area contributed by atoms with E-state index in [0.29, 0.717) is 17.5 Å². The van der Waals surface area contributed by atoms with Gasteiger partial charge in [0.1, 0.15) is 0 Å². The van der Waals surface area contributed by atoms with E-state index in [-0.39, 0.29) is 5.91 Å². The van der Waals surface area contributed by atoms with Crippen LogP contribution < -0.4 is 0 Å². The van der Waals surface area contributed by atoms with Crippen molar-refractivity contribution in [3.63, 3.8) is 0 Å². The van der Waals surface area contributed by atoms with Gasteiger partial charge in [0.15, 0.2) is 5.17 Å². The SMILES string of the molecule is Cc1ccccc1CN1C(=O)CS/C1=N/N=C\c1ccc(Br)cc1. The second-order valence-electron chi connectivity index (χ2n) is 5.37. The summed E-state index contributed by atoms with van der Waals surface area (Å²) < 4.78 is 1.02. The first-order valence-corrected chi connectivity index (χ1v) is 9.25. The number of hydrogen-bond donors (Lipinski definition) is 0. The molecule has 0 spiro atoms. The summed E-state index contributed by atoms with van der Waals surface area (Å²) in [5.41, 5.74) is 3.25. The van der Waals surface area contributed by atoms with Crippen LogP contribution in [0, 0.1) is 6.92 Å². The van der Waals surface area contributed by atoms with Gasteiger partial charge in [-0.15, -0.1) is 5.10 Å². The summed E-state index contributed by atoms with van der Waals surface area (Å²) in [4.78, 5) is 13.8. The zero-order chi connectivity index (χ0) is 16.9. The number of carbonyl (C=O) groups is 1. The number of aryl methyl sites for hydroxylation is 1. The lowest BCUT2D eigenvalue weighted by Crippen LogP contribution is -2.29. The van der Waals surface area contributed by atoms with E-state index in [1.54, 1.807) is 11.1 Å². The van der Waals surface area contributed by atoms with Crippen molar-refractivity contribution in [2.45, 2.75) is 13.5 Å². The van der Waals surface area contributed by atoms with Gasteiger partial charge in [-0.05, 0) is 35.7 Å². The van der Waals surface area contributed by atoms with Gasteiger partial charge in [0.05, 0.1) is 18.5 Å². The van der Waals surface area contributed by atoms with Crippen LogP contribution in [0.25, 0.3) is 0 Å². The van der Waals surface area contributed by atoms with E-state index in [0.717, 1.165) is 15.6 Å². The van der Waals surface area contributed by atoms with Crippen molar-refractivity contribution in [1.29, 1.82) is 0 Å². The Morgan fingerprint density at radius 1 is 1.21 bits per heavy atom. The van der Waals surface area contributed by atoms with E-state index < -0.39 is 0 Å². The predicted octanol–water partition coefficient (Wildman–Crippen LogP) is 4.22. The van der Waals surface area contributed by atoms with Gasteiger partial charge < -0.3 is 0 Å². The minimum absolute atomic E-state index is 0.0702. The number of rotatable bonds is 4. The van der Waals surface area contributed by atoms with Crippen LogP contribution in [0.4, 0.5) is 0 Å². The minimum atomic E-state index is 0.0702. The Morgan fingerprint density at radius 3 is 2.71 bits per heavy atom. The first kappa shape index (κ1) is 16.9. The van der Waals surface area contributed by atoms with Crippen molar-refractivity contribution in [1.82, 2.24) is 4.90 Å². The van der Waals surface area contributed by atoms with Gasteiger partial charge in [0.25, 0.3) is 0 Å². The largest absolute Gasteiger partial charge is 0.285 e. The van der Waals surface area contributed by atoms with E-state index in [9.17, 15) is 4.79 Å². The molecule has 1 heterocycles. The molecule has 0 aliphatic carbocycles. The smallest absolute Gasteiger partial charge is 0.239 e. The average Bonchev–Trinajstić information content (AvgIpc) is 2.92. The second-order valence-corrected chi connectivity index (χ2v) is 7.23. The summed E-state index contributed by atoms with van der Waals surface area (Å²) in [6, 6.07) is 15.9. The molecule has 1 aliphatic rings. The van der Waals surface area contributed by atoms with E-state index >= 15 is 0 Å². The molecule has 0 saturated carbocycles. The van der Waals surface area contributed by atoms with Crippen LogP contribution in [0.2, 0.25) is 0 Å². The molecule has 1 fully saturated rings. The van der Waals surface area contributed by atoms with Crippen molar-refractivity contribution < 1.29 is 4.79 Å². The number of nitrogens with zero attached hydrogens (tertiary/aromatic N) is 3. The van der Waals surface area contributed by atoms with Crippen molar-refractivity contribution in [2.24, 2.45) is 10.2 Å². The molecule has 2 aromatic rings. The molecule has 0 aromatic heterocycles. The summed E-state index contributed by atoms with van der Waals surface area (Å²) in [5, 5.41) is 9.03. The van der Waals surface area contributed by atoms with E-state index in [4.69, 9.17) is 0 Å². The lowest BCUT2D eigenvalue weighted by Gasteiger charge is -2.16. The van der Waals surface area contributed by atoms with Gasteiger partial charge in [-0.2, -0.15) is 5.10 Å². The molecule has 2 aromatic carbocycles. The zero-order valence-corrected chi connectivity index (χ0v) is 15.5. The maximum atomic E-state index is 12.1. The van der Waals surface area contributed by atoms with E-state index in [1.165, 1.54) is 17.3 Å². The highest BCUT2D eigenvalue weighted by atomic mass is 79.9. The molecule has 122 valence electrons. The highest BCUT2D eigenvalue weighted by Gasteiger charge is 2.28. The third kappa shape index (κ3) is 4.13. The number of carbonyl (C=O) groups excluding carboxylic acids is 1. The maximum Gasteiger partial charge on any atom is 0.239 e. The van der Waals surface area contributed by atoms with Crippen LogP contribution >= 0.6 is 27.7 Å². The van der Waals surface area contributed by atoms with Gasteiger partial charge in [0.2, 0.25) is 5.91 Å². The zero-order valence-electron chi connectivity index (χ0n) is 13.1. The summed E-state index contributed by atoms with van der Waals surface area (Å²) in [5.74, 6) is 0.485. The number of amides is 1. The van der Waals surface area contributed by atoms with Crippen LogP contribution in [0.15, 0.2) is 63.2 Å². The highest BCUT2D eigenvalue weighted by molar-refractivity contribution is 9.10. The van der Waals surface area contributed by atoms with Gasteiger partial charge in [-0.25, -0.2) is 0 Å². The van der Waals surface area contributed by atoms with Gasteiger partial charge in [-0.3, -0.25) is 9.69 Å². The summed E-state index contributed by atoms with van der Waals surface area (Å²) in [6.45, 7) is 2.58. The Kier molecular flexibility index (Phi) is 5.48. The second kappa shape index (κ2) is 7.77. The van der Waals surface area contributed by atoms with Crippen molar-refractivity contribution in [3.8, 4) is 0 Å². The van der Waals surface area contributed by atoms with Gasteiger partial charge in [0, 0.05) is 4.47 Å². The number of halogens is 1. The summed E-state index contributed by atoms with van der Waals surface area (Å²) in [6.07, 6.45) is 1.69. The molecule has 3 rings (SSSR count). The third-order valence-corrected chi connectivity index (χ3v) is 5.15. The fourth-order valence-corrected chi connectivity index (χ4v) is 3.38. The first-order chi connectivity index (χ1) is 11.6. The van der Waals surface area contributed by atoms with E-state index in [1.807, 2.05) is 55.5 Å². The number of amidine groups is 1. The molecule has 4 nitrogen and oxygen atoms in total. The molecule has 0 unspecified atom stereocenters. The predicted molar refractivity (Wildman–Crippen MR) is 103 cm³/mol. The topological polar surface area (TPSA) is 45.0 Å². The van der Waals surface area contributed by atoms with Crippen LogP contribution in [0.3, 0.4) is 0 Å². The lowest BCUT2D eigenvalue weighted by atomic mass is 10.1. The molecule has 1 amide bonds. The number of benzene rings is 2. The highest BCUT2D eigenvalue weighted by Crippen LogP contribution is 2.23. The van der Waals surface area contributed by atoms with Crippen molar-refractivity contribution in [2.75, 3.05) is 5.75 Å². The molecule has 0 bridgehead atoms. The Balaban J connectivity index is 1.75. The quantitative estimate of drug-likeness (QED) is 0.568. The number of thioether (sulfide) groups is 1. The van der Waals surface area contributed by atoms with Crippen LogP contribution in [-0.2, 0) is 11.3 Å².